The number of nitrogens with one attached hydrogen (secondary N) is 1. The highest BCUT2D eigenvalue weighted by Crippen LogP contribution is 2.30. The van der Waals surface area contributed by atoms with Gasteiger partial charge in [-0.05, 0) is 81.2 Å². The average molecular weight is 461 g/mol. The molecule has 0 atom stereocenters. The normalized spacial score (nSPS) is 16.8. The monoisotopic (exact) mass is 460 g/mol. The molecule has 8 heteroatoms. The molecule has 0 amide bonds. The fourth-order valence-corrected chi connectivity index (χ4v) is 4.71. The summed E-state index contributed by atoms with van der Waals surface area (Å²) in [6.07, 6.45) is 8.42. The van der Waals surface area contributed by atoms with Gasteiger partial charge in [-0.1, -0.05) is 0 Å². The Balaban J connectivity index is 1.35. The van der Waals surface area contributed by atoms with Crippen LogP contribution in [0.25, 0.3) is 11.3 Å². The van der Waals surface area contributed by atoms with Crippen LogP contribution < -0.4 is 20.5 Å². The maximum Gasteiger partial charge on any atom is 0.258 e. The Kier molecular flexibility index (Phi) is 6.60. The molecule has 0 aliphatic carbocycles. The van der Waals surface area contributed by atoms with E-state index < -0.39 is 0 Å². The van der Waals surface area contributed by atoms with Crippen LogP contribution in [0.4, 0.5) is 5.82 Å². The van der Waals surface area contributed by atoms with Gasteiger partial charge in [-0.15, -0.1) is 0 Å². The number of hydrogen-bond donors (Lipinski definition) is 2. The summed E-state index contributed by atoms with van der Waals surface area (Å²) in [6.45, 7) is 6.41. The number of hydrogen-bond acceptors (Lipinski definition) is 8. The first-order chi connectivity index (χ1) is 16.6. The van der Waals surface area contributed by atoms with Gasteiger partial charge >= 0.3 is 0 Å². The zero-order valence-electron chi connectivity index (χ0n) is 19.9. The zero-order chi connectivity index (χ0) is 23.5. The predicted octanol–water partition coefficient (Wildman–Crippen LogP) is 3.13. The highest BCUT2D eigenvalue weighted by molar-refractivity contribution is 5.64. The van der Waals surface area contributed by atoms with Gasteiger partial charge in [-0.3, -0.25) is 4.98 Å². The lowest BCUT2D eigenvalue weighted by molar-refractivity contribution is 0.157. The van der Waals surface area contributed by atoms with Crippen molar-refractivity contribution in [3.8, 4) is 22.9 Å². The van der Waals surface area contributed by atoms with E-state index in [1.165, 1.54) is 16.7 Å². The van der Waals surface area contributed by atoms with Crippen molar-refractivity contribution in [1.29, 1.82) is 0 Å². The Morgan fingerprint density at radius 2 is 2.06 bits per heavy atom. The van der Waals surface area contributed by atoms with E-state index in [0.717, 1.165) is 68.0 Å². The van der Waals surface area contributed by atoms with E-state index in [-0.39, 0.29) is 18.5 Å². The molecule has 1 fully saturated rings. The number of fused-ring (bicyclic) bond motifs is 1. The lowest BCUT2D eigenvalue weighted by Crippen LogP contribution is -2.34. The van der Waals surface area contributed by atoms with Crippen LogP contribution in [0.5, 0.6) is 11.6 Å². The molecule has 2 aliphatic rings. The molecule has 0 spiro atoms. The van der Waals surface area contributed by atoms with E-state index in [9.17, 15) is 0 Å². The van der Waals surface area contributed by atoms with Gasteiger partial charge in [0, 0.05) is 30.4 Å². The van der Waals surface area contributed by atoms with Crippen molar-refractivity contribution in [2.45, 2.75) is 45.4 Å². The molecular formula is C26H32N6O2. The van der Waals surface area contributed by atoms with Crippen molar-refractivity contribution in [3.63, 3.8) is 0 Å². The molecule has 34 heavy (non-hydrogen) atoms. The number of nitrogens with zero attached hydrogens (tertiary/aromatic N) is 4. The summed E-state index contributed by atoms with van der Waals surface area (Å²) in [5, 5.41) is 3.36. The van der Waals surface area contributed by atoms with Crippen molar-refractivity contribution in [3.05, 3.63) is 59.0 Å². The summed E-state index contributed by atoms with van der Waals surface area (Å²) in [6, 6.07) is 6.31. The standard InChI is InChI=1S/C26H32N6O2/c1-17-11-19(12-20-15-32(2)10-6-22(17)20)23-13-30-25(27)26(31-23)33-16-18-3-7-29-14-24(18)34-21-4-8-28-9-5-21/h3,7,11-14,21,28H,4-6,8-10,15-16H2,1-2H3,(H2,27,30). The Labute approximate surface area is 200 Å². The first-order valence-corrected chi connectivity index (χ1v) is 11.9. The molecule has 8 nitrogen and oxygen atoms in total. The van der Waals surface area contributed by atoms with Gasteiger partial charge in [0.15, 0.2) is 5.82 Å². The van der Waals surface area contributed by atoms with Crippen LogP contribution >= 0.6 is 0 Å². The Morgan fingerprint density at radius 3 is 2.91 bits per heavy atom. The van der Waals surface area contributed by atoms with Crippen molar-refractivity contribution in [2.75, 3.05) is 32.4 Å². The minimum absolute atomic E-state index is 0.184. The maximum atomic E-state index is 6.22. The number of benzene rings is 1. The molecule has 2 aliphatic heterocycles. The number of anilines is 1. The molecule has 0 radical (unpaired) electrons. The highest BCUT2D eigenvalue weighted by atomic mass is 16.5. The molecule has 1 saturated heterocycles. The van der Waals surface area contributed by atoms with Crippen molar-refractivity contribution < 1.29 is 9.47 Å². The van der Waals surface area contributed by atoms with E-state index in [1.807, 2.05) is 6.07 Å². The second kappa shape index (κ2) is 9.95. The highest BCUT2D eigenvalue weighted by Gasteiger charge is 2.19. The maximum absolute atomic E-state index is 6.22. The van der Waals surface area contributed by atoms with Gasteiger partial charge in [-0.2, -0.15) is 0 Å². The average Bonchev–Trinajstić information content (AvgIpc) is 2.84. The van der Waals surface area contributed by atoms with E-state index in [0.29, 0.717) is 5.88 Å². The molecule has 5 rings (SSSR count). The molecule has 4 heterocycles. The Morgan fingerprint density at radius 1 is 1.21 bits per heavy atom. The van der Waals surface area contributed by atoms with Crippen LogP contribution in [0, 0.1) is 6.92 Å². The van der Waals surface area contributed by atoms with Gasteiger partial charge < -0.3 is 25.4 Å². The van der Waals surface area contributed by atoms with Crippen molar-refractivity contribution in [1.82, 2.24) is 25.2 Å². The fraction of sp³-hybridized carbons (Fsp3) is 0.423. The van der Waals surface area contributed by atoms with Gasteiger partial charge in [-0.25, -0.2) is 9.97 Å². The van der Waals surface area contributed by atoms with Crippen molar-refractivity contribution in [2.24, 2.45) is 0 Å². The molecule has 3 aromatic rings. The summed E-state index contributed by atoms with van der Waals surface area (Å²) in [4.78, 5) is 15.7. The van der Waals surface area contributed by atoms with Crippen LogP contribution in [0.15, 0.2) is 36.8 Å². The van der Waals surface area contributed by atoms with Crippen LogP contribution in [-0.2, 0) is 19.6 Å². The summed E-state index contributed by atoms with van der Waals surface area (Å²) >= 11 is 0. The van der Waals surface area contributed by atoms with Crippen LogP contribution in [0.3, 0.4) is 0 Å². The number of nitrogen functional groups attached to an aromatic ring is 1. The topological polar surface area (TPSA) is 98.4 Å². The Hall–Kier alpha value is -3.23. The second-order valence-electron chi connectivity index (χ2n) is 9.20. The molecular weight excluding hydrogens is 428 g/mol. The van der Waals surface area contributed by atoms with Gasteiger partial charge in [0.1, 0.15) is 18.5 Å². The van der Waals surface area contributed by atoms with E-state index >= 15 is 0 Å². The van der Waals surface area contributed by atoms with Crippen LogP contribution in [0.1, 0.15) is 35.1 Å². The third-order valence-electron chi connectivity index (χ3n) is 6.63. The van der Waals surface area contributed by atoms with Gasteiger partial charge in [0.2, 0.25) is 0 Å². The molecule has 1 aromatic carbocycles. The van der Waals surface area contributed by atoms with E-state index in [2.05, 4.69) is 46.3 Å². The number of aryl methyl sites for hydroxylation is 1. The largest absolute Gasteiger partial charge is 0.488 e. The van der Waals surface area contributed by atoms with Gasteiger partial charge in [0.05, 0.1) is 18.1 Å². The van der Waals surface area contributed by atoms with E-state index in [4.69, 9.17) is 20.2 Å². The number of likely N-dealkylation sites (N-methyl/N-ethyl adjacent to an activating group) is 1. The summed E-state index contributed by atoms with van der Waals surface area (Å²) in [5.74, 6) is 1.34. The quantitative estimate of drug-likeness (QED) is 0.579. The molecule has 0 saturated carbocycles. The first-order valence-electron chi connectivity index (χ1n) is 11.9. The predicted molar refractivity (Wildman–Crippen MR) is 132 cm³/mol. The smallest absolute Gasteiger partial charge is 0.258 e. The minimum Gasteiger partial charge on any atom is -0.488 e. The van der Waals surface area contributed by atoms with Crippen LogP contribution in [0.2, 0.25) is 0 Å². The zero-order valence-corrected chi connectivity index (χ0v) is 19.9. The number of nitrogens with two attached hydrogens (primary N) is 1. The number of pyridine rings is 1. The molecule has 2 aromatic heterocycles. The number of aromatic nitrogens is 3. The first kappa shape index (κ1) is 22.6. The summed E-state index contributed by atoms with van der Waals surface area (Å²) in [7, 11) is 2.15. The lowest BCUT2D eigenvalue weighted by atomic mass is 9.92. The third kappa shape index (κ3) is 4.98. The van der Waals surface area contributed by atoms with Crippen LogP contribution in [-0.4, -0.2) is 52.6 Å². The molecule has 0 unspecified atom stereocenters. The van der Waals surface area contributed by atoms with Crippen molar-refractivity contribution >= 4 is 5.82 Å². The molecule has 178 valence electrons. The number of ether oxygens (including phenoxy) is 2. The van der Waals surface area contributed by atoms with E-state index in [1.54, 1.807) is 18.6 Å². The molecule has 3 N–H and O–H groups in total. The SMILES string of the molecule is Cc1cc(-c2cnc(N)c(OCc3ccncc3OC3CCNCC3)n2)cc2c1CCN(C)C2. The lowest BCUT2D eigenvalue weighted by Gasteiger charge is -2.27. The second-order valence-corrected chi connectivity index (χ2v) is 9.20. The third-order valence-corrected chi connectivity index (χ3v) is 6.63. The Bertz CT molecular complexity index is 1160. The minimum atomic E-state index is 0.184. The number of piperidine rings is 1. The number of rotatable bonds is 6. The van der Waals surface area contributed by atoms with Gasteiger partial charge in [0.25, 0.3) is 5.88 Å². The fourth-order valence-electron chi connectivity index (χ4n) is 4.71. The summed E-state index contributed by atoms with van der Waals surface area (Å²) in [5.41, 5.74) is 12.9. The molecule has 0 bridgehead atoms. The summed E-state index contributed by atoms with van der Waals surface area (Å²) < 4.78 is 12.3.